The van der Waals surface area contributed by atoms with E-state index in [-0.39, 0.29) is 6.10 Å². The number of hydrogen-bond acceptors (Lipinski definition) is 5. The number of hydrogen-bond donors (Lipinski definition) is 1. The molecule has 1 aliphatic heterocycles. The Morgan fingerprint density at radius 3 is 1.57 bits per heavy atom. The summed E-state index contributed by atoms with van der Waals surface area (Å²) in [6.07, 6.45) is 13.1. The van der Waals surface area contributed by atoms with Crippen molar-refractivity contribution in [3.05, 3.63) is 81.4 Å². The van der Waals surface area contributed by atoms with Crippen molar-refractivity contribution in [2.75, 3.05) is 41.9 Å². The van der Waals surface area contributed by atoms with Crippen LogP contribution in [0.1, 0.15) is 117 Å². The molecule has 0 bridgehead atoms. The van der Waals surface area contributed by atoms with E-state index >= 15 is 0 Å². The summed E-state index contributed by atoms with van der Waals surface area (Å²) in [4.78, 5) is 5.06. The van der Waals surface area contributed by atoms with Crippen molar-refractivity contribution in [3.63, 3.8) is 0 Å². The molecule has 0 radical (unpaired) electrons. The first-order chi connectivity index (χ1) is 24.4. The molecule has 0 aromatic heterocycles. The molecule has 1 saturated heterocycles. The first-order valence-electron chi connectivity index (χ1n) is 18.9. The average Bonchev–Trinajstić information content (AvgIpc) is 3.50. The number of unbranched alkanes of at least 4 members (excludes halogenated alkanes) is 9. The van der Waals surface area contributed by atoms with Crippen LogP contribution >= 0.6 is 32.0 Å². The maximum absolute atomic E-state index is 6.06. The summed E-state index contributed by atoms with van der Waals surface area (Å²) < 4.78 is 13.7. The molecule has 4 rings (SSSR count). The molecule has 3 aromatic rings. The summed E-state index contributed by atoms with van der Waals surface area (Å²) >= 11 is 2.34. The van der Waals surface area contributed by atoms with Crippen molar-refractivity contribution in [1.29, 1.82) is 0 Å². The zero-order valence-corrected chi connectivity index (χ0v) is 36.7. The van der Waals surface area contributed by atoms with Crippen LogP contribution in [0.25, 0.3) is 0 Å². The van der Waals surface area contributed by atoms with E-state index in [1.165, 1.54) is 103 Å². The largest absolute Gasteiger partial charge is 0.352 e. The minimum atomic E-state index is -1.91. The van der Waals surface area contributed by atoms with Gasteiger partial charge in [-0.05, 0) is 76.0 Å². The normalized spacial score (nSPS) is 13.0. The zero-order valence-electron chi connectivity index (χ0n) is 32.6. The number of ether oxygens (including phenoxy) is 2. The Balaban J connectivity index is 0.000000280. The van der Waals surface area contributed by atoms with Gasteiger partial charge in [-0.25, -0.2) is 0 Å². The van der Waals surface area contributed by atoms with E-state index in [1.807, 2.05) is 36.7 Å². The Morgan fingerprint density at radius 2 is 1.14 bits per heavy atom. The van der Waals surface area contributed by atoms with Gasteiger partial charge in [0.1, 0.15) is 0 Å². The molecule has 0 saturated carbocycles. The van der Waals surface area contributed by atoms with Crippen molar-refractivity contribution < 1.29 is 23.0 Å². The molecular formula is C43H64Cl2N2O2RuS. The first kappa shape index (κ1) is 43.7. The fourth-order valence-corrected chi connectivity index (χ4v) is 9.26. The van der Waals surface area contributed by atoms with Crippen molar-refractivity contribution in [2.24, 2.45) is 0 Å². The monoisotopic (exact) mass is 844 g/mol. The summed E-state index contributed by atoms with van der Waals surface area (Å²) in [5, 5.41) is 0. The number of thiol groups is 1. The Morgan fingerprint density at radius 1 is 0.686 bits per heavy atom. The maximum Gasteiger partial charge on any atom is 0.0904 e. The minimum absolute atomic E-state index is 0.110. The van der Waals surface area contributed by atoms with E-state index in [0.29, 0.717) is 0 Å². The summed E-state index contributed by atoms with van der Waals surface area (Å²) in [6, 6.07) is 15.1. The van der Waals surface area contributed by atoms with Crippen LogP contribution in [-0.2, 0) is 13.5 Å². The van der Waals surface area contributed by atoms with E-state index in [9.17, 15) is 0 Å². The zero-order chi connectivity index (χ0) is 37.3. The molecule has 1 aliphatic rings. The van der Waals surface area contributed by atoms with Crippen LogP contribution in [0.4, 0.5) is 11.4 Å². The Bertz CT molecular complexity index is 1430. The van der Waals surface area contributed by atoms with Crippen molar-refractivity contribution in [2.45, 2.75) is 126 Å². The van der Waals surface area contributed by atoms with Crippen LogP contribution in [0.5, 0.6) is 11.5 Å². The van der Waals surface area contributed by atoms with Gasteiger partial charge in [-0.3, -0.25) is 0 Å². The predicted molar refractivity (Wildman–Crippen MR) is 225 cm³/mol. The first-order valence-corrected chi connectivity index (χ1v) is 25.0. The van der Waals surface area contributed by atoms with E-state index in [0.717, 1.165) is 55.6 Å². The molecule has 51 heavy (non-hydrogen) atoms. The maximum atomic E-state index is 6.06. The molecule has 286 valence electrons. The minimum Gasteiger partial charge on any atom is -0.352 e. The predicted octanol–water partition coefficient (Wildman–Crippen LogP) is 12.6. The summed E-state index contributed by atoms with van der Waals surface area (Å²) in [7, 11) is 12.1. The van der Waals surface area contributed by atoms with Gasteiger partial charge in [0.25, 0.3) is 0 Å². The molecule has 1 heterocycles. The second-order valence-electron chi connectivity index (χ2n) is 14.4. The molecule has 8 heteroatoms. The van der Waals surface area contributed by atoms with Crippen LogP contribution in [0.3, 0.4) is 0 Å². The molecule has 0 amide bonds. The number of halogens is 2. The van der Waals surface area contributed by atoms with Gasteiger partial charge in [-0.1, -0.05) is 54.7 Å². The van der Waals surface area contributed by atoms with Crippen molar-refractivity contribution in [3.8, 4) is 11.5 Å². The SMILES string of the molecule is CC(C)Oc1ccc(OCCCCCCCCCCCCS)cc1[CH]=[Ru]([Cl])[Cl].Cc1cc(C)c(N2CCN(c3c(C)cc(C)cc3C)C2)c(C)c1. The molecule has 3 aromatic carbocycles. The molecular weight excluding hydrogens is 781 g/mol. The molecule has 0 aliphatic carbocycles. The second kappa shape index (κ2) is 23.2. The second-order valence-corrected chi connectivity index (χ2v) is 20.6. The number of nitrogens with zero attached hydrogens (tertiary/aromatic N) is 2. The smallest absolute Gasteiger partial charge is 0.0904 e. The molecule has 4 nitrogen and oxygen atoms in total. The fourth-order valence-electron chi connectivity index (χ4n) is 7.25. The number of aryl methyl sites for hydroxylation is 6. The number of anilines is 2. The van der Waals surface area contributed by atoms with E-state index < -0.39 is 13.5 Å². The molecule has 1 fully saturated rings. The number of rotatable bonds is 18. The van der Waals surface area contributed by atoms with Crippen LogP contribution < -0.4 is 19.3 Å². The summed E-state index contributed by atoms with van der Waals surface area (Å²) in [5.74, 6) is 2.69. The topological polar surface area (TPSA) is 24.9 Å². The van der Waals surface area contributed by atoms with Gasteiger partial charge in [-0.15, -0.1) is 0 Å². The van der Waals surface area contributed by atoms with E-state index in [1.54, 1.807) is 0 Å². The van der Waals surface area contributed by atoms with Gasteiger partial charge in [0.2, 0.25) is 0 Å². The Kier molecular flexibility index (Phi) is 19.8. The Hall–Kier alpha value is -1.72. The van der Waals surface area contributed by atoms with Gasteiger partial charge < -0.3 is 9.80 Å². The van der Waals surface area contributed by atoms with Gasteiger partial charge in [0, 0.05) is 24.5 Å². The van der Waals surface area contributed by atoms with E-state index in [4.69, 9.17) is 28.9 Å². The van der Waals surface area contributed by atoms with Crippen molar-refractivity contribution >= 4 is 48.0 Å². The fraction of sp³-hybridized carbons (Fsp3) is 0.558. The molecule has 0 N–H and O–H groups in total. The van der Waals surface area contributed by atoms with Crippen molar-refractivity contribution in [1.82, 2.24) is 0 Å². The third-order valence-corrected chi connectivity index (χ3v) is 11.4. The van der Waals surface area contributed by atoms with Crippen LogP contribution in [0.15, 0.2) is 42.5 Å². The van der Waals surface area contributed by atoms with Crippen LogP contribution in [0, 0.1) is 41.5 Å². The Labute approximate surface area is 329 Å². The standard InChI is InChI=1S/C22H36O2S.C21H28N2.2ClH.Ru/c1-19(2)24-22-15-14-21(18-20(22)3)23-16-12-10-8-6-4-5-7-9-11-13-17-25;1-14-9-16(3)20(17(4)10-14)22-7-8-23(13-22)21-18(5)11-15(2)12-19(21)6;;;/h3,14-15,18-19,25H,4-13,16-17H2,1-2H3;9-12H,7-8,13H2,1-6H3;2*1H;/q;;;;+2/p-2. The quantitative estimate of drug-likeness (QED) is 0.0783. The van der Waals surface area contributed by atoms with Crippen LogP contribution in [0.2, 0.25) is 0 Å². The molecule has 0 unspecified atom stereocenters. The third kappa shape index (κ3) is 15.3. The van der Waals surface area contributed by atoms with Crippen LogP contribution in [-0.4, -0.2) is 42.8 Å². The average molecular weight is 845 g/mol. The van der Waals surface area contributed by atoms with E-state index in [2.05, 4.69) is 88.2 Å². The molecule has 0 atom stereocenters. The van der Waals surface area contributed by atoms with Gasteiger partial charge >= 0.3 is 147 Å². The molecule has 0 spiro atoms. The van der Waals surface area contributed by atoms with Gasteiger partial charge in [-0.2, -0.15) is 12.6 Å². The van der Waals surface area contributed by atoms with Gasteiger partial charge in [0.15, 0.2) is 0 Å². The summed E-state index contributed by atoms with van der Waals surface area (Å²) in [5.41, 5.74) is 12.0. The third-order valence-electron chi connectivity index (χ3n) is 9.24. The summed E-state index contributed by atoms with van der Waals surface area (Å²) in [6.45, 7) is 21.2. The number of benzene rings is 3. The van der Waals surface area contributed by atoms with Gasteiger partial charge in [0.05, 0.1) is 6.67 Å².